The fraction of sp³-hybridized carbons (Fsp3) is 0.583. The molecule has 0 aliphatic carbocycles. The first kappa shape index (κ1) is 13.8. The SMILES string of the molecule is CC(NC(=O)CC1CNCCO1)c1ccc(Cl)s1. The molecule has 6 heteroatoms. The summed E-state index contributed by atoms with van der Waals surface area (Å²) in [5.74, 6) is 0.0146. The minimum absolute atomic E-state index is 0.00782. The highest BCUT2D eigenvalue weighted by atomic mass is 35.5. The van der Waals surface area contributed by atoms with Gasteiger partial charge in [-0.25, -0.2) is 0 Å². The van der Waals surface area contributed by atoms with Gasteiger partial charge < -0.3 is 15.4 Å². The molecule has 0 spiro atoms. The van der Waals surface area contributed by atoms with Crippen molar-refractivity contribution in [3.05, 3.63) is 21.3 Å². The first-order valence-corrected chi connectivity index (χ1v) is 7.21. The zero-order chi connectivity index (χ0) is 13.0. The van der Waals surface area contributed by atoms with Crippen molar-refractivity contribution in [1.29, 1.82) is 0 Å². The van der Waals surface area contributed by atoms with Gasteiger partial charge in [0, 0.05) is 18.0 Å². The lowest BCUT2D eigenvalue weighted by Crippen LogP contribution is -2.41. The molecule has 1 amide bonds. The van der Waals surface area contributed by atoms with E-state index in [2.05, 4.69) is 10.6 Å². The maximum atomic E-state index is 11.9. The van der Waals surface area contributed by atoms with Gasteiger partial charge >= 0.3 is 0 Å². The van der Waals surface area contributed by atoms with Gasteiger partial charge in [-0.3, -0.25) is 4.79 Å². The largest absolute Gasteiger partial charge is 0.375 e. The Kier molecular flexibility index (Phi) is 5.00. The molecule has 2 N–H and O–H groups in total. The summed E-state index contributed by atoms with van der Waals surface area (Å²) < 4.78 is 6.24. The molecule has 0 saturated carbocycles. The van der Waals surface area contributed by atoms with Crippen LogP contribution in [-0.4, -0.2) is 31.7 Å². The summed E-state index contributed by atoms with van der Waals surface area (Å²) in [6.07, 6.45) is 0.383. The van der Waals surface area contributed by atoms with Gasteiger partial charge in [-0.15, -0.1) is 11.3 Å². The minimum atomic E-state index is -0.0159. The molecule has 0 bridgehead atoms. The third kappa shape index (κ3) is 3.95. The van der Waals surface area contributed by atoms with E-state index in [9.17, 15) is 4.79 Å². The Labute approximate surface area is 116 Å². The number of carbonyl (C=O) groups is 1. The van der Waals surface area contributed by atoms with E-state index >= 15 is 0 Å². The van der Waals surface area contributed by atoms with E-state index in [-0.39, 0.29) is 18.1 Å². The van der Waals surface area contributed by atoms with Crippen molar-refractivity contribution >= 4 is 28.8 Å². The molecule has 2 atom stereocenters. The molecule has 2 rings (SSSR count). The molecule has 1 fully saturated rings. The van der Waals surface area contributed by atoms with Gasteiger partial charge in [0.1, 0.15) is 0 Å². The first-order valence-electron chi connectivity index (χ1n) is 6.02. The zero-order valence-electron chi connectivity index (χ0n) is 10.2. The van der Waals surface area contributed by atoms with Crippen LogP contribution < -0.4 is 10.6 Å². The molecule has 0 radical (unpaired) electrons. The number of hydrogen-bond donors (Lipinski definition) is 2. The van der Waals surface area contributed by atoms with E-state index in [0.717, 1.165) is 22.3 Å². The van der Waals surface area contributed by atoms with Gasteiger partial charge in [0.15, 0.2) is 0 Å². The number of amides is 1. The predicted molar refractivity (Wildman–Crippen MR) is 73.1 cm³/mol. The third-order valence-corrected chi connectivity index (χ3v) is 4.23. The minimum Gasteiger partial charge on any atom is -0.375 e. The molecule has 2 unspecified atom stereocenters. The number of nitrogens with one attached hydrogen (secondary N) is 2. The van der Waals surface area contributed by atoms with Crippen LogP contribution >= 0.6 is 22.9 Å². The van der Waals surface area contributed by atoms with Crippen molar-refractivity contribution in [3.63, 3.8) is 0 Å². The Balaban J connectivity index is 1.79. The summed E-state index contributed by atoms with van der Waals surface area (Å²) >= 11 is 7.37. The highest BCUT2D eigenvalue weighted by Crippen LogP contribution is 2.26. The van der Waals surface area contributed by atoms with Crippen LogP contribution in [0.2, 0.25) is 4.34 Å². The van der Waals surface area contributed by atoms with Crippen LogP contribution in [0.5, 0.6) is 0 Å². The second-order valence-electron chi connectivity index (χ2n) is 4.33. The van der Waals surface area contributed by atoms with Crippen LogP contribution in [0.1, 0.15) is 24.3 Å². The number of carbonyl (C=O) groups excluding carboxylic acids is 1. The summed E-state index contributed by atoms with van der Waals surface area (Å²) in [5.41, 5.74) is 0. The second-order valence-corrected chi connectivity index (χ2v) is 6.08. The Bertz CT molecular complexity index is 405. The quantitative estimate of drug-likeness (QED) is 0.890. The van der Waals surface area contributed by atoms with Gasteiger partial charge in [-0.1, -0.05) is 11.6 Å². The van der Waals surface area contributed by atoms with E-state index < -0.39 is 0 Å². The van der Waals surface area contributed by atoms with Crippen molar-refractivity contribution in [2.45, 2.75) is 25.5 Å². The van der Waals surface area contributed by atoms with Crippen LogP contribution in [0.15, 0.2) is 12.1 Å². The maximum Gasteiger partial charge on any atom is 0.223 e. The molecule has 1 aliphatic rings. The number of morpholine rings is 1. The van der Waals surface area contributed by atoms with E-state index in [1.54, 1.807) is 0 Å². The average Bonchev–Trinajstić information content (AvgIpc) is 2.77. The van der Waals surface area contributed by atoms with Crippen molar-refractivity contribution in [1.82, 2.24) is 10.6 Å². The van der Waals surface area contributed by atoms with Crippen LogP contribution in [0.3, 0.4) is 0 Å². The number of hydrogen-bond acceptors (Lipinski definition) is 4. The molecular weight excluding hydrogens is 272 g/mol. The molecule has 1 aromatic rings. The summed E-state index contributed by atoms with van der Waals surface area (Å²) in [6.45, 7) is 4.24. The van der Waals surface area contributed by atoms with Crippen LogP contribution in [0.4, 0.5) is 0 Å². The normalized spacial score (nSPS) is 21.6. The highest BCUT2D eigenvalue weighted by molar-refractivity contribution is 7.16. The van der Waals surface area contributed by atoms with Gasteiger partial charge in [-0.2, -0.15) is 0 Å². The average molecular weight is 289 g/mol. The van der Waals surface area contributed by atoms with E-state index in [1.807, 2.05) is 19.1 Å². The van der Waals surface area contributed by atoms with Crippen LogP contribution in [-0.2, 0) is 9.53 Å². The van der Waals surface area contributed by atoms with E-state index in [1.165, 1.54) is 11.3 Å². The van der Waals surface area contributed by atoms with Crippen molar-refractivity contribution in [2.75, 3.05) is 19.7 Å². The summed E-state index contributed by atoms with van der Waals surface area (Å²) in [7, 11) is 0. The number of rotatable bonds is 4. The van der Waals surface area contributed by atoms with Gasteiger partial charge in [0.25, 0.3) is 0 Å². The number of ether oxygens (including phenoxy) is 1. The predicted octanol–water partition coefficient (Wildman–Crippen LogP) is 1.96. The Morgan fingerprint density at radius 2 is 2.56 bits per heavy atom. The highest BCUT2D eigenvalue weighted by Gasteiger charge is 2.19. The van der Waals surface area contributed by atoms with Crippen molar-refractivity contribution in [3.8, 4) is 0 Å². The van der Waals surface area contributed by atoms with Gasteiger partial charge in [0.2, 0.25) is 5.91 Å². The molecule has 1 aliphatic heterocycles. The molecular formula is C12H17ClN2O2S. The fourth-order valence-electron chi connectivity index (χ4n) is 1.89. The number of halogens is 1. The Morgan fingerprint density at radius 1 is 1.72 bits per heavy atom. The standard InChI is InChI=1S/C12H17ClN2O2S/c1-8(10-2-3-11(13)18-10)15-12(16)6-9-7-14-4-5-17-9/h2-3,8-9,14H,4-7H2,1H3,(H,15,16). The molecule has 100 valence electrons. The van der Waals surface area contributed by atoms with E-state index in [0.29, 0.717) is 13.0 Å². The topological polar surface area (TPSA) is 50.4 Å². The van der Waals surface area contributed by atoms with Crippen LogP contribution in [0.25, 0.3) is 0 Å². The smallest absolute Gasteiger partial charge is 0.223 e. The maximum absolute atomic E-state index is 11.9. The van der Waals surface area contributed by atoms with Crippen LogP contribution in [0, 0.1) is 0 Å². The monoisotopic (exact) mass is 288 g/mol. The molecule has 0 aromatic carbocycles. The lowest BCUT2D eigenvalue weighted by molar-refractivity contribution is -0.125. The zero-order valence-corrected chi connectivity index (χ0v) is 11.8. The first-order chi connectivity index (χ1) is 8.65. The fourth-order valence-corrected chi connectivity index (χ4v) is 2.95. The third-order valence-electron chi connectivity index (χ3n) is 2.82. The molecule has 1 saturated heterocycles. The van der Waals surface area contributed by atoms with Crippen molar-refractivity contribution < 1.29 is 9.53 Å². The number of thiophene rings is 1. The second kappa shape index (κ2) is 6.52. The molecule has 18 heavy (non-hydrogen) atoms. The summed E-state index contributed by atoms with van der Waals surface area (Å²) in [5, 5.41) is 6.17. The molecule has 4 nitrogen and oxygen atoms in total. The Hall–Kier alpha value is -0.620. The summed E-state index contributed by atoms with van der Waals surface area (Å²) in [4.78, 5) is 12.9. The lowest BCUT2D eigenvalue weighted by Gasteiger charge is -2.23. The van der Waals surface area contributed by atoms with Gasteiger partial charge in [-0.05, 0) is 19.1 Å². The van der Waals surface area contributed by atoms with Gasteiger partial charge in [0.05, 0.1) is 29.5 Å². The molecule has 1 aromatic heterocycles. The summed E-state index contributed by atoms with van der Waals surface area (Å²) in [6, 6.07) is 3.78. The Morgan fingerprint density at radius 3 is 3.17 bits per heavy atom. The van der Waals surface area contributed by atoms with E-state index in [4.69, 9.17) is 16.3 Å². The van der Waals surface area contributed by atoms with Crippen molar-refractivity contribution in [2.24, 2.45) is 0 Å². The lowest BCUT2D eigenvalue weighted by atomic mass is 10.2. The molecule has 2 heterocycles.